The number of aromatic nitrogens is 4. The van der Waals surface area contributed by atoms with E-state index in [0.29, 0.717) is 24.3 Å². The minimum Gasteiger partial charge on any atom is -0.313 e. The van der Waals surface area contributed by atoms with Crippen molar-refractivity contribution in [1.82, 2.24) is 24.2 Å². The predicted molar refractivity (Wildman–Crippen MR) is 99.2 cm³/mol. The van der Waals surface area contributed by atoms with Crippen molar-refractivity contribution < 1.29 is 12.8 Å². The number of aryl methyl sites for hydroxylation is 1. The lowest BCUT2D eigenvalue weighted by atomic mass is 10.2. The van der Waals surface area contributed by atoms with E-state index in [4.69, 9.17) is 0 Å². The Morgan fingerprint density at radius 2 is 1.93 bits per heavy atom. The number of sulfone groups is 1. The molecule has 27 heavy (non-hydrogen) atoms. The number of hydrogen-bond acceptors (Lipinski definition) is 5. The summed E-state index contributed by atoms with van der Waals surface area (Å²) in [6, 6.07) is 6.33. The highest BCUT2D eigenvalue weighted by Crippen LogP contribution is 2.18. The molecule has 0 atom stereocenters. The maximum Gasteiger partial charge on any atom is 0.227 e. The van der Waals surface area contributed by atoms with Crippen molar-refractivity contribution in [3.05, 3.63) is 65.5 Å². The molecule has 0 bridgehead atoms. The van der Waals surface area contributed by atoms with E-state index in [1.54, 1.807) is 33.6 Å². The zero-order chi connectivity index (χ0) is 19.6. The third-order valence-corrected chi connectivity index (χ3v) is 5.15. The SMILES string of the molecule is CN(Cc1cnn(C)c1)Cc1cnc(S(C)(=O)=O)n1Cc1ccccc1F. The summed E-state index contributed by atoms with van der Waals surface area (Å²) < 4.78 is 41.6. The molecule has 9 heteroatoms. The van der Waals surface area contributed by atoms with E-state index in [9.17, 15) is 12.8 Å². The van der Waals surface area contributed by atoms with Gasteiger partial charge >= 0.3 is 0 Å². The average Bonchev–Trinajstić information content (AvgIpc) is 3.16. The van der Waals surface area contributed by atoms with Crippen molar-refractivity contribution >= 4 is 9.84 Å². The molecule has 0 aliphatic rings. The maximum atomic E-state index is 14.1. The van der Waals surface area contributed by atoms with Crippen LogP contribution in [-0.4, -0.2) is 46.0 Å². The summed E-state index contributed by atoms with van der Waals surface area (Å²) in [6.45, 7) is 1.21. The van der Waals surface area contributed by atoms with Crippen LogP contribution in [0.1, 0.15) is 16.8 Å². The van der Waals surface area contributed by atoms with Gasteiger partial charge in [-0.25, -0.2) is 17.8 Å². The van der Waals surface area contributed by atoms with E-state index in [-0.39, 0.29) is 17.5 Å². The van der Waals surface area contributed by atoms with Crippen LogP contribution in [0.4, 0.5) is 4.39 Å². The van der Waals surface area contributed by atoms with Gasteiger partial charge in [0.25, 0.3) is 0 Å². The third kappa shape index (κ3) is 4.61. The largest absolute Gasteiger partial charge is 0.313 e. The Balaban J connectivity index is 1.88. The van der Waals surface area contributed by atoms with Gasteiger partial charge < -0.3 is 4.57 Å². The Kier molecular flexibility index (Phi) is 5.43. The highest BCUT2D eigenvalue weighted by atomic mass is 32.2. The molecule has 1 aromatic carbocycles. The molecular weight excluding hydrogens is 369 g/mol. The Labute approximate surface area is 158 Å². The Morgan fingerprint density at radius 1 is 1.19 bits per heavy atom. The average molecular weight is 391 g/mol. The van der Waals surface area contributed by atoms with Crippen LogP contribution in [-0.2, 0) is 36.5 Å². The molecule has 0 spiro atoms. The van der Waals surface area contributed by atoms with Crippen LogP contribution in [0, 0.1) is 5.82 Å². The van der Waals surface area contributed by atoms with Crippen molar-refractivity contribution in [2.75, 3.05) is 13.3 Å². The molecule has 144 valence electrons. The van der Waals surface area contributed by atoms with E-state index in [1.165, 1.54) is 12.3 Å². The summed E-state index contributed by atoms with van der Waals surface area (Å²) in [5.74, 6) is -0.375. The lowest BCUT2D eigenvalue weighted by Gasteiger charge is -2.18. The number of nitrogens with zero attached hydrogens (tertiary/aromatic N) is 5. The normalized spacial score (nSPS) is 12.0. The lowest BCUT2D eigenvalue weighted by Crippen LogP contribution is -2.21. The van der Waals surface area contributed by atoms with Crippen LogP contribution in [0.15, 0.2) is 48.0 Å². The first-order valence-corrected chi connectivity index (χ1v) is 10.3. The maximum absolute atomic E-state index is 14.1. The molecule has 0 N–H and O–H groups in total. The molecule has 0 unspecified atom stereocenters. The van der Waals surface area contributed by atoms with Crippen molar-refractivity contribution in [3.8, 4) is 0 Å². The van der Waals surface area contributed by atoms with Gasteiger partial charge in [0.1, 0.15) is 5.82 Å². The monoisotopic (exact) mass is 391 g/mol. The van der Waals surface area contributed by atoms with Gasteiger partial charge in [0.05, 0.1) is 24.6 Å². The summed E-state index contributed by atoms with van der Waals surface area (Å²) in [5, 5.41) is 4.09. The van der Waals surface area contributed by atoms with Crippen LogP contribution in [0.2, 0.25) is 0 Å². The lowest BCUT2D eigenvalue weighted by molar-refractivity contribution is 0.308. The Bertz CT molecular complexity index is 1040. The van der Waals surface area contributed by atoms with E-state index < -0.39 is 9.84 Å². The molecule has 0 fully saturated rings. The second-order valence-electron chi connectivity index (χ2n) is 6.68. The number of hydrogen-bond donors (Lipinski definition) is 0. The number of imidazole rings is 1. The summed E-state index contributed by atoms with van der Waals surface area (Å²) >= 11 is 0. The quantitative estimate of drug-likeness (QED) is 0.615. The molecule has 0 aliphatic carbocycles. The second-order valence-corrected chi connectivity index (χ2v) is 8.59. The summed E-state index contributed by atoms with van der Waals surface area (Å²) in [6.07, 6.45) is 6.36. The summed E-state index contributed by atoms with van der Waals surface area (Å²) in [4.78, 5) is 6.11. The smallest absolute Gasteiger partial charge is 0.227 e. The molecule has 0 aliphatic heterocycles. The fraction of sp³-hybridized carbons (Fsp3) is 0.333. The fourth-order valence-corrected chi connectivity index (χ4v) is 3.80. The van der Waals surface area contributed by atoms with E-state index in [1.807, 2.05) is 25.2 Å². The highest BCUT2D eigenvalue weighted by Gasteiger charge is 2.20. The van der Waals surface area contributed by atoms with Gasteiger partial charge in [0.15, 0.2) is 0 Å². The molecule has 7 nitrogen and oxygen atoms in total. The van der Waals surface area contributed by atoms with Crippen LogP contribution in [0.3, 0.4) is 0 Å². The van der Waals surface area contributed by atoms with Crippen molar-refractivity contribution in [1.29, 1.82) is 0 Å². The summed E-state index contributed by atoms with van der Waals surface area (Å²) in [7, 11) is 0.237. The first-order valence-electron chi connectivity index (χ1n) is 8.38. The predicted octanol–water partition coefficient (Wildman–Crippen LogP) is 1.84. The number of benzene rings is 1. The van der Waals surface area contributed by atoms with Gasteiger partial charge in [-0.1, -0.05) is 18.2 Å². The molecule has 0 saturated carbocycles. The molecule has 0 radical (unpaired) electrons. The number of rotatable bonds is 7. The molecule has 0 saturated heterocycles. The first kappa shape index (κ1) is 19.2. The first-order chi connectivity index (χ1) is 12.7. The molecule has 0 amide bonds. The van der Waals surface area contributed by atoms with Crippen LogP contribution in [0.5, 0.6) is 0 Å². The van der Waals surface area contributed by atoms with E-state index in [0.717, 1.165) is 11.8 Å². The van der Waals surface area contributed by atoms with Gasteiger partial charge in [0.2, 0.25) is 15.0 Å². The van der Waals surface area contributed by atoms with Crippen LogP contribution < -0.4 is 0 Å². The Hall–Kier alpha value is -2.52. The van der Waals surface area contributed by atoms with Crippen molar-refractivity contribution in [2.45, 2.75) is 24.8 Å². The molecular formula is C18H22FN5O2S. The minimum absolute atomic E-state index is 0.0597. The van der Waals surface area contributed by atoms with Gasteiger partial charge in [0, 0.05) is 43.7 Å². The molecule has 3 aromatic rings. The molecule has 2 aromatic heterocycles. The van der Waals surface area contributed by atoms with E-state index in [2.05, 4.69) is 10.1 Å². The topological polar surface area (TPSA) is 73.0 Å². The van der Waals surface area contributed by atoms with Crippen molar-refractivity contribution in [3.63, 3.8) is 0 Å². The minimum atomic E-state index is -3.54. The van der Waals surface area contributed by atoms with Gasteiger partial charge in [-0.3, -0.25) is 9.58 Å². The van der Waals surface area contributed by atoms with Gasteiger partial charge in [-0.15, -0.1) is 0 Å². The zero-order valence-corrected chi connectivity index (χ0v) is 16.3. The molecule has 2 heterocycles. The standard InChI is InChI=1S/C18H22FN5O2S/c1-22(10-14-8-21-23(2)11-14)13-16-9-20-18(27(3,25)26)24(16)12-15-6-4-5-7-17(15)19/h4-9,11H,10,12-13H2,1-3H3. The van der Waals surface area contributed by atoms with Crippen molar-refractivity contribution in [2.24, 2.45) is 7.05 Å². The van der Waals surface area contributed by atoms with E-state index >= 15 is 0 Å². The number of halogens is 1. The Morgan fingerprint density at radius 3 is 2.56 bits per heavy atom. The van der Waals surface area contributed by atoms with Gasteiger partial charge in [-0.05, 0) is 13.1 Å². The zero-order valence-electron chi connectivity index (χ0n) is 15.5. The summed E-state index contributed by atoms with van der Waals surface area (Å²) in [5.41, 5.74) is 2.16. The van der Waals surface area contributed by atoms with Crippen LogP contribution in [0.25, 0.3) is 0 Å². The third-order valence-electron chi connectivity index (χ3n) is 4.16. The second kappa shape index (κ2) is 7.61. The van der Waals surface area contributed by atoms with Crippen LogP contribution >= 0.6 is 0 Å². The fourth-order valence-electron chi connectivity index (χ4n) is 2.98. The highest BCUT2D eigenvalue weighted by molar-refractivity contribution is 7.90. The van der Waals surface area contributed by atoms with Gasteiger partial charge in [-0.2, -0.15) is 5.10 Å². The molecule has 3 rings (SSSR count).